The van der Waals surface area contributed by atoms with Gasteiger partial charge in [0.05, 0.1) is 6.20 Å². The summed E-state index contributed by atoms with van der Waals surface area (Å²) in [5, 5.41) is 4.01. The Bertz CT molecular complexity index is 171. The maximum atomic E-state index is 4.01. The Balaban J connectivity index is 2.84. The van der Waals surface area contributed by atoms with Crippen molar-refractivity contribution >= 4 is 15.9 Å². The standard InChI is InChI=1S/C5H6BrN2/c1-2-8-4-3-5(6)7-8/h3H,2H2,1H3. The average molecular weight is 174 g/mol. The fourth-order valence-electron chi connectivity index (χ4n) is 0.463. The lowest BCUT2D eigenvalue weighted by molar-refractivity contribution is 0.650. The van der Waals surface area contributed by atoms with Crippen molar-refractivity contribution in [3.63, 3.8) is 0 Å². The van der Waals surface area contributed by atoms with Crippen LogP contribution in [0, 0.1) is 6.20 Å². The quantitative estimate of drug-likeness (QED) is 0.630. The molecule has 0 amide bonds. The Hall–Kier alpha value is -0.310. The lowest BCUT2D eigenvalue weighted by Crippen LogP contribution is -1.92. The van der Waals surface area contributed by atoms with Crippen LogP contribution in [0.25, 0.3) is 0 Å². The Morgan fingerprint density at radius 2 is 2.75 bits per heavy atom. The predicted octanol–water partition coefficient (Wildman–Crippen LogP) is 1.47. The maximum Gasteiger partial charge on any atom is 0.128 e. The Kier molecular flexibility index (Phi) is 1.68. The fourth-order valence-corrected chi connectivity index (χ4v) is 0.757. The molecule has 0 aliphatic heterocycles. The molecule has 0 saturated carbocycles. The van der Waals surface area contributed by atoms with Crippen molar-refractivity contribution < 1.29 is 0 Å². The van der Waals surface area contributed by atoms with Gasteiger partial charge in [0.1, 0.15) is 4.60 Å². The number of nitrogens with zero attached hydrogens (tertiary/aromatic N) is 2. The van der Waals surface area contributed by atoms with Crippen LogP contribution in [0.4, 0.5) is 0 Å². The first-order chi connectivity index (χ1) is 3.83. The molecule has 0 N–H and O–H groups in total. The second-order valence-electron chi connectivity index (χ2n) is 1.41. The van der Waals surface area contributed by atoms with Gasteiger partial charge in [-0.1, -0.05) is 0 Å². The third-order valence-corrected chi connectivity index (χ3v) is 1.24. The molecule has 1 aromatic rings. The second-order valence-corrected chi connectivity index (χ2v) is 2.22. The van der Waals surface area contributed by atoms with Crippen LogP contribution in [0.2, 0.25) is 0 Å². The zero-order valence-electron chi connectivity index (χ0n) is 4.56. The number of aromatic nitrogens is 2. The molecule has 0 saturated heterocycles. The smallest absolute Gasteiger partial charge is 0.128 e. The molecular formula is C5H6BrN2. The summed E-state index contributed by atoms with van der Waals surface area (Å²) >= 11 is 3.21. The monoisotopic (exact) mass is 173 g/mol. The van der Waals surface area contributed by atoms with Gasteiger partial charge in [0.15, 0.2) is 0 Å². The van der Waals surface area contributed by atoms with Crippen LogP contribution in [0.15, 0.2) is 10.7 Å². The van der Waals surface area contributed by atoms with E-state index in [1.165, 1.54) is 0 Å². The topological polar surface area (TPSA) is 17.8 Å². The fraction of sp³-hybridized carbons (Fsp3) is 0.400. The number of rotatable bonds is 1. The third kappa shape index (κ3) is 1.10. The molecule has 0 unspecified atom stereocenters. The van der Waals surface area contributed by atoms with Crippen LogP contribution in [0.3, 0.4) is 0 Å². The van der Waals surface area contributed by atoms with Gasteiger partial charge in [-0.15, -0.1) is 0 Å². The van der Waals surface area contributed by atoms with Gasteiger partial charge in [0, 0.05) is 12.6 Å². The summed E-state index contributed by atoms with van der Waals surface area (Å²) in [6.45, 7) is 2.90. The first-order valence-electron chi connectivity index (χ1n) is 2.44. The summed E-state index contributed by atoms with van der Waals surface area (Å²) in [5.74, 6) is 0. The predicted molar refractivity (Wildman–Crippen MR) is 34.4 cm³/mol. The molecule has 1 rings (SSSR count). The van der Waals surface area contributed by atoms with Crippen molar-refractivity contribution in [3.8, 4) is 0 Å². The van der Waals surface area contributed by atoms with Crippen molar-refractivity contribution in [2.75, 3.05) is 0 Å². The van der Waals surface area contributed by atoms with Crippen molar-refractivity contribution in [3.05, 3.63) is 16.9 Å². The van der Waals surface area contributed by atoms with E-state index in [4.69, 9.17) is 0 Å². The molecule has 43 valence electrons. The molecule has 0 atom stereocenters. The number of hydrogen-bond acceptors (Lipinski definition) is 1. The largest absolute Gasteiger partial charge is 0.262 e. The van der Waals surface area contributed by atoms with Crippen LogP contribution >= 0.6 is 15.9 Å². The zero-order chi connectivity index (χ0) is 5.98. The number of halogens is 1. The molecule has 1 radical (unpaired) electrons. The Morgan fingerprint density at radius 1 is 2.00 bits per heavy atom. The summed E-state index contributed by atoms with van der Waals surface area (Å²) in [4.78, 5) is 0. The van der Waals surface area contributed by atoms with E-state index < -0.39 is 0 Å². The van der Waals surface area contributed by atoms with Gasteiger partial charge in [-0.25, -0.2) is 0 Å². The highest BCUT2D eigenvalue weighted by Gasteiger charge is 1.89. The van der Waals surface area contributed by atoms with Crippen LogP contribution < -0.4 is 0 Å². The summed E-state index contributed by atoms with van der Waals surface area (Å²) in [5.41, 5.74) is 0. The van der Waals surface area contributed by atoms with Gasteiger partial charge in [0.2, 0.25) is 0 Å². The van der Waals surface area contributed by atoms with Gasteiger partial charge < -0.3 is 0 Å². The van der Waals surface area contributed by atoms with E-state index in [0.29, 0.717) is 0 Å². The minimum Gasteiger partial charge on any atom is -0.262 e. The van der Waals surface area contributed by atoms with E-state index in [0.717, 1.165) is 11.1 Å². The molecule has 3 heteroatoms. The van der Waals surface area contributed by atoms with Crippen molar-refractivity contribution in [1.29, 1.82) is 0 Å². The molecule has 0 fully saturated rings. The minimum atomic E-state index is 0.847. The van der Waals surface area contributed by atoms with Crippen molar-refractivity contribution in [2.45, 2.75) is 13.5 Å². The maximum absolute atomic E-state index is 4.01. The van der Waals surface area contributed by atoms with Gasteiger partial charge >= 0.3 is 0 Å². The molecule has 8 heavy (non-hydrogen) atoms. The molecule has 0 aliphatic rings. The van der Waals surface area contributed by atoms with Crippen LogP contribution in [-0.4, -0.2) is 9.78 Å². The SMILES string of the molecule is CCn1[c]cc(Br)n1. The summed E-state index contributed by atoms with van der Waals surface area (Å²) in [7, 11) is 0. The molecule has 2 nitrogen and oxygen atoms in total. The summed E-state index contributed by atoms with van der Waals surface area (Å²) in [6.07, 6.45) is 2.91. The van der Waals surface area contributed by atoms with Crippen LogP contribution in [0.5, 0.6) is 0 Å². The van der Waals surface area contributed by atoms with E-state index in [1.807, 2.05) is 6.92 Å². The first-order valence-corrected chi connectivity index (χ1v) is 3.23. The molecule has 0 aromatic carbocycles. The number of aryl methyl sites for hydroxylation is 1. The highest BCUT2D eigenvalue weighted by Crippen LogP contribution is 2.02. The van der Waals surface area contributed by atoms with E-state index in [2.05, 4.69) is 27.2 Å². The first kappa shape index (κ1) is 5.82. The van der Waals surface area contributed by atoms with Crippen molar-refractivity contribution in [2.24, 2.45) is 0 Å². The van der Waals surface area contributed by atoms with Gasteiger partial charge in [-0.3, -0.25) is 4.68 Å². The second kappa shape index (κ2) is 2.31. The molecule has 0 spiro atoms. The van der Waals surface area contributed by atoms with E-state index >= 15 is 0 Å². The zero-order valence-corrected chi connectivity index (χ0v) is 6.14. The van der Waals surface area contributed by atoms with Gasteiger partial charge in [-0.05, 0) is 22.9 Å². The molecule has 0 aliphatic carbocycles. The summed E-state index contributed by atoms with van der Waals surface area (Å²) in [6, 6.07) is 1.80. The van der Waals surface area contributed by atoms with Crippen LogP contribution in [-0.2, 0) is 6.54 Å². The van der Waals surface area contributed by atoms with Crippen LogP contribution in [0.1, 0.15) is 6.92 Å². The molecule has 1 aromatic heterocycles. The molecular weight excluding hydrogens is 168 g/mol. The van der Waals surface area contributed by atoms with E-state index in [1.54, 1.807) is 10.7 Å². The van der Waals surface area contributed by atoms with E-state index in [9.17, 15) is 0 Å². The molecule has 0 bridgehead atoms. The molecule has 1 heterocycles. The Morgan fingerprint density at radius 3 is 3.00 bits per heavy atom. The van der Waals surface area contributed by atoms with E-state index in [-0.39, 0.29) is 0 Å². The number of hydrogen-bond donors (Lipinski definition) is 0. The highest BCUT2D eigenvalue weighted by atomic mass is 79.9. The summed E-state index contributed by atoms with van der Waals surface area (Å²) < 4.78 is 2.59. The average Bonchev–Trinajstić information content (AvgIpc) is 2.14. The normalized spacial score (nSPS) is 9.75. The van der Waals surface area contributed by atoms with Gasteiger partial charge in [-0.2, -0.15) is 5.10 Å². The highest BCUT2D eigenvalue weighted by molar-refractivity contribution is 9.10. The lowest BCUT2D eigenvalue weighted by Gasteiger charge is -1.87. The lowest BCUT2D eigenvalue weighted by atomic mass is 10.7. The Labute approximate surface area is 56.6 Å². The van der Waals surface area contributed by atoms with Gasteiger partial charge in [0.25, 0.3) is 0 Å². The third-order valence-electron chi connectivity index (χ3n) is 0.848. The van der Waals surface area contributed by atoms with Crippen molar-refractivity contribution in [1.82, 2.24) is 9.78 Å². The minimum absolute atomic E-state index is 0.847.